The van der Waals surface area contributed by atoms with Crippen molar-refractivity contribution in [1.82, 2.24) is 4.57 Å². The van der Waals surface area contributed by atoms with E-state index in [-0.39, 0.29) is 34.4 Å². The highest BCUT2D eigenvalue weighted by Crippen LogP contribution is 2.54. The highest BCUT2D eigenvalue weighted by atomic mass is 32.2. The number of benzene rings is 3. The number of rotatable bonds is 5. The van der Waals surface area contributed by atoms with E-state index in [9.17, 15) is 24.3 Å². The van der Waals surface area contributed by atoms with Gasteiger partial charge in [0.1, 0.15) is 17.5 Å². The predicted molar refractivity (Wildman–Crippen MR) is 164 cm³/mol. The maximum absolute atomic E-state index is 14.0. The number of imide groups is 1. The van der Waals surface area contributed by atoms with Crippen LogP contribution in [0.4, 0.5) is 11.4 Å². The Bertz CT molecular complexity index is 1740. The van der Waals surface area contributed by atoms with Gasteiger partial charge in [-0.3, -0.25) is 23.7 Å². The third-order valence-electron chi connectivity index (χ3n) is 7.65. The Hall–Kier alpha value is -4.15. The van der Waals surface area contributed by atoms with E-state index in [1.807, 2.05) is 30.3 Å². The summed E-state index contributed by atoms with van der Waals surface area (Å²) in [6.07, 6.45) is 0. The zero-order valence-electron chi connectivity index (χ0n) is 23.2. The molecule has 3 atom stereocenters. The van der Waals surface area contributed by atoms with Crippen LogP contribution >= 0.6 is 23.1 Å². The van der Waals surface area contributed by atoms with Crippen molar-refractivity contribution in [2.24, 2.45) is 5.92 Å². The van der Waals surface area contributed by atoms with E-state index < -0.39 is 23.0 Å². The number of fused-ring (bicyclic) bond motifs is 2. The van der Waals surface area contributed by atoms with Crippen LogP contribution in [0, 0.1) is 5.92 Å². The van der Waals surface area contributed by atoms with Crippen LogP contribution in [0.15, 0.2) is 88.7 Å². The van der Waals surface area contributed by atoms with Gasteiger partial charge < -0.3 is 10.4 Å². The number of phenolic OH excluding ortho intramolecular Hbond substituents is 1. The van der Waals surface area contributed by atoms with Gasteiger partial charge in [-0.05, 0) is 52.9 Å². The summed E-state index contributed by atoms with van der Waals surface area (Å²) in [5, 5.41) is 12.1. The molecular formula is C32H29N3O5S2. The van der Waals surface area contributed by atoms with Gasteiger partial charge in [-0.1, -0.05) is 86.3 Å². The number of aromatic hydroxyl groups is 1. The number of carbonyl (C=O) groups excluding carboxylic acids is 3. The normalized spacial score (nSPS) is 19.9. The number of hydrogen-bond acceptors (Lipinski definition) is 7. The molecule has 4 aromatic rings. The first-order valence-corrected chi connectivity index (χ1v) is 15.2. The summed E-state index contributed by atoms with van der Waals surface area (Å²) < 4.78 is 1.40. The van der Waals surface area contributed by atoms with E-state index in [4.69, 9.17) is 0 Å². The molecule has 2 aliphatic heterocycles. The zero-order chi connectivity index (χ0) is 29.8. The topological polar surface area (TPSA) is 109 Å². The molecule has 0 saturated carbocycles. The largest absolute Gasteiger partial charge is 0.508 e. The van der Waals surface area contributed by atoms with Crippen LogP contribution in [-0.2, 0) is 26.3 Å². The summed E-state index contributed by atoms with van der Waals surface area (Å²) in [4.78, 5) is 55.8. The lowest BCUT2D eigenvalue weighted by molar-refractivity contribution is -0.122. The summed E-state index contributed by atoms with van der Waals surface area (Å²) in [7, 11) is 0. The molecule has 214 valence electrons. The lowest BCUT2D eigenvalue weighted by atomic mass is 9.81. The quantitative estimate of drug-likeness (QED) is 0.237. The van der Waals surface area contributed by atoms with Crippen molar-refractivity contribution < 1.29 is 19.5 Å². The van der Waals surface area contributed by atoms with Crippen molar-refractivity contribution in [1.29, 1.82) is 0 Å². The van der Waals surface area contributed by atoms with E-state index in [0.717, 1.165) is 22.5 Å². The second kappa shape index (κ2) is 10.6. The smallest absolute Gasteiger partial charge is 0.308 e. The van der Waals surface area contributed by atoms with Crippen molar-refractivity contribution in [2.45, 2.75) is 48.9 Å². The van der Waals surface area contributed by atoms with Crippen LogP contribution in [0.5, 0.6) is 5.75 Å². The summed E-state index contributed by atoms with van der Waals surface area (Å²) in [6, 6.07) is 23.0. The minimum absolute atomic E-state index is 0.0725. The number of nitrogens with one attached hydrogen (secondary N) is 1. The molecule has 2 N–H and O–H groups in total. The number of carbonyl (C=O) groups is 3. The molecule has 0 spiro atoms. The number of para-hydroxylation sites is 1. The molecule has 3 heterocycles. The van der Waals surface area contributed by atoms with E-state index in [0.29, 0.717) is 21.3 Å². The number of phenols is 1. The van der Waals surface area contributed by atoms with Crippen molar-refractivity contribution in [2.75, 3.05) is 10.2 Å². The Kier molecular flexibility index (Phi) is 7.06. The molecule has 3 unspecified atom stereocenters. The minimum Gasteiger partial charge on any atom is -0.508 e. The Balaban J connectivity index is 1.41. The van der Waals surface area contributed by atoms with Gasteiger partial charge in [-0.2, -0.15) is 0 Å². The van der Waals surface area contributed by atoms with E-state index in [1.165, 1.54) is 33.4 Å². The zero-order valence-corrected chi connectivity index (χ0v) is 24.9. The number of amides is 3. The van der Waals surface area contributed by atoms with Gasteiger partial charge in [-0.25, -0.2) is 4.90 Å². The molecule has 0 bridgehead atoms. The fourth-order valence-electron chi connectivity index (χ4n) is 5.53. The average Bonchev–Trinajstić information content (AvgIpc) is 3.40. The average molecular weight is 600 g/mol. The van der Waals surface area contributed by atoms with Crippen LogP contribution in [0.25, 0.3) is 0 Å². The van der Waals surface area contributed by atoms with Crippen LogP contribution in [-0.4, -0.2) is 32.6 Å². The molecule has 3 amide bonds. The van der Waals surface area contributed by atoms with Gasteiger partial charge in [0.15, 0.2) is 0 Å². The molecule has 10 heteroatoms. The number of hydrogen-bond donors (Lipinski definition) is 2. The number of nitrogens with zero attached hydrogens (tertiary/aromatic N) is 2. The molecule has 42 heavy (non-hydrogen) atoms. The third kappa shape index (κ3) is 4.94. The summed E-state index contributed by atoms with van der Waals surface area (Å²) in [5.41, 5.74) is 2.90. The molecule has 1 saturated heterocycles. The van der Waals surface area contributed by atoms with E-state index in [2.05, 4.69) is 26.1 Å². The van der Waals surface area contributed by atoms with Crippen LogP contribution in [0.3, 0.4) is 0 Å². The number of thiazole rings is 1. The molecule has 0 radical (unpaired) electrons. The predicted octanol–water partition coefficient (Wildman–Crippen LogP) is 5.35. The van der Waals surface area contributed by atoms with Crippen molar-refractivity contribution in [3.63, 3.8) is 0 Å². The van der Waals surface area contributed by atoms with Crippen LogP contribution < -0.4 is 15.1 Å². The first-order chi connectivity index (χ1) is 20.0. The first kappa shape index (κ1) is 28.0. The second-order valence-electron chi connectivity index (χ2n) is 11.5. The van der Waals surface area contributed by atoms with Gasteiger partial charge in [0.05, 0.1) is 16.6 Å². The Labute approximate surface area is 251 Å². The standard InChI is InChI=1S/C32H29N3O5S2/c1-32(2,3)19-11-9-18(10-12-19)24-25-26(29(39)35(28(25)38)21-7-5-4-6-8-21)41-30-27(24)42-31(40)34(30)17-23(37)33-20-13-15-22(36)16-14-20/h4-16,24-26,36H,17H2,1-3H3,(H,33,37). The first-order valence-electron chi connectivity index (χ1n) is 13.6. The molecule has 2 aliphatic rings. The van der Waals surface area contributed by atoms with Crippen LogP contribution in [0.1, 0.15) is 42.7 Å². The Morgan fingerprint density at radius 1 is 0.905 bits per heavy atom. The molecule has 8 nitrogen and oxygen atoms in total. The van der Waals surface area contributed by atoms with Crippen molar-refractivity contribution >= 4 is 52.2 Å². The monoisotopic (exact) mass is 599 g/mol. The SMILES string of the molecule is CC(C)(C)c1ccc(C2c3sc(=O)n(CC(=O)Nc4ccc(O)cc4)c3SC3C(=O)N(c4ccccc4)C(=O)C32)cc1. The van der Waals surface area contributed by atoms with Gasteiger partial charge >= 0.3 is 4.87 Å². The maximum Gasteiger partial charge on any atom is 0.308 e. The van der Waals surface area contributed by atoms with Gasteiger partial charge in [0.2, 0.25) is 17.7 Å². The Morgan fingerprint density at radius 3 is 2.21 bits per heavy atom. The van der Waals surface area contributed by atoms with E-state index in [1.54, 1.807) is 36.4 Å². The molecule has 1 fully saturated rings. The fourth-order valence-corrected chi connectivity index (χ4v) is 8.30. The highest BCUT2D eigenvalue weighted by Gasteiger charge is 2.56. The lowest BCUT2D eigenvalue weighted by Gasteiger charge is -2.31. The molecular weight excluding hydrogens is 571 g/mol. The molecule has 6 rings (SSSR count). The fraction of sp³-hybridized carbons (Fsp3) is 0.250. The molecule has 0 aliphatic carbocycles. The summed E-state index contributed by atoms with van der Waals surface area (Å²) in [6.45, 7) is 6.12. The van der Waals surface area contributed by atoms with Gasteiger partial charge in [0, 0.05) is 16.5 Å². The third-order valence-corrected chi connectivity index (χ3v) is 10.3. The molecule has 3 aromatic carbocycles. The van der Waals surface area contributed by atoms with Crippen molar-refractivity contribution in [3.05, 3.63) is 105 Å². The second-order valence-corrected chi connectivity index (χ2v) is 13.6. The molecule has 1 aromatic heterocycles. The number of thioether (sulfide) groups is 1. The lowest BCUT2D eigenvalue weighted by Crippen LogP contribution is -2.33. The summed E-state index contributed by atoms with van der Waals surface area (Å²) in [5.74, 6) is -2.20. The number of aromatic nitrogens is 1. The highest BCUT2D eigenvalue weighted by molar-refractivity contribution is 8.00. The van der Waals surface area contributed by atoms with Gasteiger partial charge in [0.25, 0.3) is 0 Å². The minimum atomic E-state index is -0.752. The Morgan fingerprint density at radius 2 is 1.57 bits per heavy atom. The number of anilines is 2. The van der Waals surface area contributed by atoms with Gasteiger partial charge in [-0.15, -0.1) is 0 Å². The summed E-state index contributed by atoms with van der Waals surface area (Å²) >= 11 is 2.21. The van der Waals surface area contributed by atoms with Crippen LogP contribution in [0.2, 0.25) is 0 Å². The maximum atomic E-state index is 14.0. The van der Waals surface area contributed by atoms with Crippen molar-refractivity contribution in [3.8, 4) is 5.75 Å². The van der Waals surface area contributed by atoms with E-state index >= 15 is 0 Å².